The maximum absolute atomic E-state index is 12.4. The molecular weight excluding hydrogens is 326 g/mol. The lowest BCUT2D eigenvalue weighted by atomic mass is 10.1. The number of carbonyl (C=O) groups excluding carboxylic acids is 1. The quantitative estimate of drug-likeness (QED) is 0.720. The first kappa shape index (κ1) is 18.3. The number of rotatable bonds is 7. The lowest BCUT2D eigenvalue weighted by molar-refractivity contribution is 0.0920. The maximum atomic E-state index is 12.4. The summed E-state index contributed by atoms with van der Waals surface area (Å²) in [5.41, 5.74) is 2.64. The van der Waals surface area contributed by atoms with E-state index in [0.717, 1.165) is 30.6 Å². The van der Waals surface area contributed by atoms with Crippen LogP contribution in [-0.2, 0) is 16.4 Å². The number of aromatic nitrogens is 1. The molecule has 6 heteroatoms. The second-order valence-electron chi connectivity index (χ2n) is 5.90. The fourth-order valence-corrected chi connectivity index (χ4v) is 3.33. The van der Waals surface area contributed by atoms with Gasteiger partial charge in [0, 0.05) is 29.8 Å². The molecule has 0 N–H and O–H groups in total. The Labute approximate surface area is 143 Å². The van der Waals surface area contributed by atoms with Gasteiger partial charge >= 0.3 is 0 Å². The molecule has 0 aliphatic heterocycles. The number of hydrogen-bond acceptors (Lipinski definition) is 4. The third-order valence-electron chi connectivity index (χ3n) is 3.92. The minimum atomic E-state index is -3.30. The summed E-state index contributed by atoms with van der Waals surface area (Å²) >= 11 is 0. The predicted molar refractivity (Wildman–Crippen MR) is 93.6 cm³/mol. The van der Waals surface area contributed by atoms with Gasteiger partial charge in [-0.25, -0.2) is 8.42 Å². The zero-order valence-electron chi connectivity index (χ0n) is 14.5. The average Bonchev–Trinajstić information content (AvgIpc) is 2.81. The first-order valence-electron chi connectivity index (χ1n) is 7.87. The minimum absolute atomic E-state index is 0.116. The van der Waals surface area contributed by atoms with Crippen LogP contribution in [0.15, 0.2) is 35.2 Å². The Morgan fingerprint density at radius 2 is 1.92 bits per heavy atom. The van der Waals surface area contributed by atoms with E-state index in [1.54, 1.807) is 12.1 Å². The number of nitrogens with zero attached hydrogens (tertiary/aromatic N) is 1. The van der Waals surface area contributed by atoms with Gasteiger partial charge in [-0.15, -0.1) is 0 Å². The van der Waals surface area contributed by atoms with Crippen molar-refractivity contribution in [2.45, 2.75) is 38.6 Å². The van der Waals surface area contributed by atoms with Crippen molar-refractivity contribution >= 4 is 15.6 Å². The van der Waals surface area contributed by atoms with E-state index >= 15 is 0 Å². The number of aryl methyl sites for hydroxylation is 1. The highest BCUT2D eigenvalue weighted by Gasteiger charge is 2.16. The van der Waals surface area contributed by atoms with E-state index in [9.17, 15) is 13.2 Å². The number of hydrogen-bond donors (Lipinski definition) is 0. The van der Waals surface area contributed by atoms with Gasteiger partial charge in [-0.2, -0.15) is 0 Å². The van der Waals surface area contributed by atoms with E-state index < -0.39 is 9.84 Å². The molecule has 1 aromatic heterocycles. The highest BCUT2D eigenvalue weighted by molar-refractivity contribution is 7.90. The highest BCUT2D eigenvalue weighted by atomic mass is 32.2. The molecule has 0 amide bonds. The fourth-order valence-electron chi connectivity index (χ4n) is 2.67. The summed E-state index contributed by atoms with van der Waals surface area (Å²) in [5.74, 6) is 0.254. The van der Waals surface area contributed by atoms with Gasteiger partial charge in [-0.05, 0) is 44.5 Å². The second kappa shape index (κ2) is 7.21. The van der Waals surface area contributed by atoms with Crippen molar-refractivity contribution in [1.29, 1.82) is 0 Å². The molecule has 0 bridgehead atoms. The summed E-state index contributed by atoms with van der Waals surface area (Å²) in [7, 11) is -3.30. The Kier molecular flexibility index (Phi) is 5.49. The Morgan fingerprint density at radius 3 is 2.54 bits per heavy atom. The summed E-state index contributed by atoms with van der Waals surface area (Å²) in [6.45, 7) is 6.76. The largest absolute Gasteiger partial charge is 0.485 e. The lowest BCUT2D eigenvalue weighted by Gasteiger charge is -2.09. The number of Topliss-reactive ketones (excluding diaryl/α,β-unsaturated/α-hetero) is 1. The number of ketones is 1. The van der Waals surface area contributed by atoms with Crippen molar-refractivity contribution in [3.63, 3.8) is 0 Å². The fraction of sp³-hybridized carbons (Fsp3) is 0.389. The number of sulfone groups is 1. The molecule has 0 saturated heterocycles. The topological polar surface area (TPSA) is 65.4 Å². The van der Waals surface area contributed by atoms with Gasteiger partial charge in [-0.3, -0.25) is 4.79 Å². The zero-order chi connectivity index (χ0) is 17.9. The Hall–Kier alpha value is -2.08. The summed E-state index contributed by atoms with van der Waals surface area (Å²) in [5, 5.41) is 0. The van der Waals surface area contributed by atoms with Crippen molar-refractivity contribution in [2.75, 3.05) is 12.9 Å². The van der Waals surface area contributed by atoms with Gasteiger partial charge in [0.2, 0.25) is 5.78 Å². The van der Waals surface area contributed by atoms with E-state index in [0.29, 0.717) is 11.3 Å². The van der Waals surface area contributed by atoms with Crippen molar-refractivity contribution in [2.24, 2.45) is 0 Å². The van der Waals surface area contributed by atoms with E-state index in [-0.39, 0.29) is 17.3 Å². The normalized spacial score (nSPS) is 11.5. The Morgan fingerprint density at radius 1 is 1.21 bits per heavy atom. The second-order valence-corrected chi connectivity index (χ2v) is 7.91. The van der Waals surface area contributed by atoms with E-state index in [2.05, 4.69) is 11.5 Å². The molecule has 2 rings (SSSR count). The SMILES string of the molecule is CCCn1c(C)cc(C(=O)COc2cccc(S(C)(=O)=O)c2)c1C. The van der Waals surface area contributed by atoms with Crippen molar-refractivity contribution < 1.29 is 17.9 Å². The maximum Gasteiger partial charge on any atom is 0.202 e. The number of carbonyl (C=O) groups is 1. The van der Waals surface area contributed by atoms with Gasteiger partial charge in [-0.1, -0.05) is 13.0 Å². The molecule has 5 nitrogen and oxygen atoms in total. The monoisotopic (exact) mass is 349 g/mol. The molecular formula is C18H23NO4S. The third kappa shape index (κ3) is 4.06. The van der Waals surface area contributed by atoms with Crippen LogP contribution in [0.25, 0.3) is 0 Å². The summed E-state index contributed by atoms with van der Waals surface area (Å²) in [6, 6.07) is 8.06. The van der Waals surface area contributed by atoms with Gasteiger partial charge < -0.3 is 9.30 Å². The van der Waals surface area contributed by atoms with Crippen LogP contribution in [0.5, 0.6) is 5.75 Å². The molecule has 130 valence electrons. The molecule has 24 heavy (non-hydrogen) atoms. The summed E-state index contributed by atoms with van der Waals surface area (Å²) in [4.78, 5) is 12.6. The van der Waals surface area contributed by atoms with Crippen LogP contribution < -0.4 is 4.74 Å². The van der Waals surface area contributed by atoms with Crippen LogP contribution in [-0.4, -0.2) is 31.6 Å². The number of ether oxygens (including phenoxy) is 1. The van der Waals surface area contributed by atoms with Gasteiger partial charge in [0.15, 0.2) is 16.4 Å². The molecule has 1 aromatic carbocycles. The molecule has 1 heterocycles. The van der Waals surface area contributed by atoms with Crippen LogP contribution in [0.3, 0.4) is 0 Å². The molecule has 0 saturated carbocycles. The Bertz CT molecular complexity index is 850. The van der Waals surface area contributed by atoms with Crippen molar-refractivity contribution in [3.05, 3.63) is 47.3 Å². The standard InChI is InChI=1S/C18H23NO4S/c1-5-9-19-13(2)10-17(14(19)3)18(20)12-23-15-7-6-8-16(11-15)24(4,21)22/h6-8,10-11H,5,9,12H2,1-4H3. The zero-order valence-corrected chi connectivity index (χ0v) is 15.3. The van der Waals surface area contributed by atoms with Gasteiger partial charge in [0.05, 0.1) is 4.90 Å². The molecule has 0 fully saturated rings. The minimum Gasteiger partial charge on any atom is -0.485 e. The average molecular weight is 349 g/mol. The smallest absolute Gasteiger partial charge is 0.202 e. The summed E-state index contributed by atoms with van der Waals surface area (Å²) in [6.07, 6.45) is 2.14. The Balaban J connectivity index is 2.13. The van der Waals surface area contributed by atoms with Crippen LogP contribution in [0, 0.1) is 13.8 Å². The van der Waals surface area contributed by atoms with Gasteiger partial charge in [0.25, 0.3) is 0 Å². The van der Waals surface area contributed by atoms with E-state index in [4.69, 9.17) is 4.74 Å². The molecule has 0 aliphatic carbocycles. The van der Waals surface area contributed by atoms with Crippen LogP contribution in [0.4, 0.5) is 0 Å². The first-order valence-corrected chi connectivity index (χ1v) is 9.76. The first-order chi connectivity index (χ1) is 11.2. The molecule has 0 spiro atoms. The molecule has 2 aromatic rings. The van der Waals surface area contributed by atoms with Crippen LogP contribution in [0.1, 0.15) is 35.1 Å². The van der Waals surface area contributed by atoms with Crippen molar-refractivity contribution in [3.8, 4) is 5.75 Å². The molecule has 0 unspecified atom stereocenters. The third-order valence-corrected chi connectivity index (χ3v) is 5.04. The molecule has 0 atom stereocenters. The molecule has 0 radical (unpaired) electrons. The van der Waals surface area contributed by atoms with E-state index in [1.165, 1.54) is 12.1 Å². The van der Waals surface area contributed by atoms with Gasteiger partial charge in [0.1, 0.15) is 5.75 Å². The summed E-state index contributed by atoms with van der Waals surface area (Å²) < 4.78 is 30.8. The van der Waals surface area contributed by atoms with Crippen molar-refractivity contribution in [1.82, 2.24) is 4.57 Å². The molecule has 0 aliphatic rings. The predicted octanol–water partition coefficient (Wildman–Crippen LogP) is 3.18. The van der Waals surface area contributed by atoms with Crippen LogP contribution >= 0.6 is 0 Å². The lowest BCUT2D eigenvalue weighted by Crippen LogP contribution is -2.13. The van der Waals surface area contributed by atoms with Crippen LogP contribution in [0.2, 0.25) is 0 Å². The highest BCUT2D eigenvalue weighted by Crippen LogP contribution is 2.19. The number of benzene rings is 1. The van der Waals surface area contributed by atoms with E-state index in [1.807, 2.05) is 19.9 Å².